The van der Waals surface area contributed by atoms with Crippen LogP contribution in [0.2, 0.25) is 0 Å². The molecule has 2 nitrogen and oxygen atoms in total. The third kappa shape index (κ3) is 3.60. The summed E-state index contributed by atoms with van der Waals surface area (Å²) in [4.78, 5) is 12.3. The lowest BCUT2D eigenvalue weighted by Crippen LogP contribution is -2.40. The van der Waals surface area contributed by atoms with E-state index < -0.39 is 0 Å². The van der Waals surface area contributed by atoms with Crippen molar-refractivity contribution in [1.82, 2.24) is 5.32 Å². The fourth-order valence-electron chi connectivity index (χ4n) is 2.96. The number of benzene rings is 1. The lowest BCUT2D eigenvalue weighted by atomic mass is 9.68. The minimum Gasteiger partial charge on any atom is -0.352 e. The van der Waals surface area contributed by atoms with Gasteiger partial charge in [0.1, 0.15) is 5.82 Å². The molecule has 1 atom stereocenters. The Morgan fingerprint density at radius 2 is 2.20 bits per heavy atom. The van der Waals surface area contributed by atoms with Gasteiger partial charge >= 0.3 is 0 Å². The lowest BCUT2D eigenvalue weighted by Gasteiger charge is -2.37. The van der Waals surface area contributed by atoms with Crippen LogP contribution in [0.5, 0.6) is 0 Å². The molecule has 4 heteroatoms. The minimum absolute atomic E-state index is 0.0338. The van der Waals surface area contributed by atoms with Crippen LogP contribution in [-0.2, 0) is 11.3 Å². The molecule has 1 aliphatic rings. The second kappa shape index (κ2) is 6.25. The zero-order valence-corrected chi connectivity index (χ0v) is 13.6. The van der Waals surface area contributed by atoms with Gasteiger partial charge in [0.25, 0.3) is 0 Å². The molecule has 1 aromatic rings. The average molecular weight is 342 g/mol. The van der Waals surface area contributed by atoms with Crippen molar-refractivity contribution >= 4 is 21.8 Å². The van der Waals surface area contributed by atoms with Gasteiger partial charge in [0.15, 0.2) is 0 Å². The fraction of sp³-hybridized carbons (Fsp3) is 0.562. The van der Waals surface area contributed by atoms with Crippen LogP contribution in [0, 0.1) is 17.2 Å². The van der Waals surface area contributed by atoms with Gasteiger partial charge in [0.05, 0.1) is 0 Å². The van der Waals surface area contributed by atoms with Gasteiger partial charge < -0.3 is 5.32 Å². The van der Waals surface area contributed by atoms with Crippen LogP contribution in [0.25, 0.3) is 0 Å². The van der Waals surface area contributed by atoms with Gasteiger partial charge in [-0.3, -0.25) is 4.79 Å². The topological polar surface area (TPSA) is 29.1 Å². The molecule has 0 heterocycles. The molecule has 0 aromatic heterocycles. The first-order chi connectivity index (χ1) is 9.40. The molecular formula is C16H21BrFNO. The third-order valence-corrected chi connectivity index (χ3v) is 4.78. The molecule has 0 radical (unpaired) electrons. The number of carbonyl (C=O) groups excluding carboxylic acids is 1. The largest absolute Gasteiger partial charge is 0.352 e. The summed E-state index contributed by atoms with van der Waals surface area (Å²) in [7, 11) is 0. The van der Waals surface area contributed by atoms with Gasteiger partial charge in [-0.15, -0.1) is 0 Å². The maximum atomic E-state index is 13.6. The molecule has 1 N–H and O–H groups in total. The van der Waals surface area contributed by atoms with Crippen molar-refractivity contribution in [3.05, 3.63) is 34.1 Å². The van der Waals surface area contributed by atoms with Crippen LogP contribution in [0.4, 0.5) is 4.39 Å². The van der Waals surface area contributed by atoms with E-state index in [2.05, 4.69) is 35.1 Å². The molecule has 0 spiro atoms. The van der Waals surface area contributed by atoms with Gasteiger partial charge in [-0.05, 0) is 36.5 Å². The molecule has 110 valence electrons. The van der Waals surface area contributed by atoms with E-state index in [-0.39, 0.29) is 29.6 Å². The number of nitrogens with one attached hydrogen (secondary N) is 1. The van der Waals surface area contributed by atoms with Gasteiger partial charge in [0.2, 0.25) is 5.91 Å². The molecule has 1 saturated carbocycles. The van der Waals surface area contributed by atoms with Crippen LogP contribution < -0.4 is 5.32 Å². The maximum Gasteiger partial charge on any atom is 0.223 e. The van der Waals surface area contributed by atoms with E-state index in [0.717, 1.165) is 23.7 Å². The van der Waals surface area contributed by atoms with E-state index in [4.69, 9.17) is 0 Å². The van der Waals surface area contributed by atoms with Crippen molar-refractivity contribution in [2.24, 2.45) is 11.3 Å². The molecule has 1 fully saturated rings. The van der Waals surface area contributed by atoms with E-state index in [0.29, 0.717) is 5.56 Å². The summed E-state index contributed by atoms with van der Waals surface area (Å²) >= 11 is 3.32. The number of rotatable bonds is 3. The van der Waals surface area contributed by atoms with Crippen LogP contribution in [0.3, 0.4) is 0 Å². The SMILES string of the molecule is CC1(C)CCCCC1C(=O)NCc1cc(Br)ccc1F. The molecule has 1 amide bonds. The lowest BCUT2D eigenvalue weighted by molar-refractivity contribution is -0.130. The first kappa shape index (κ1) is 15.5. The zero-order chi connectivity index (χ0) is 14.8. The molecule has 0 saturated heterocycles. The van der Waals surface area contributed by atoms with Crippen molar-refractivity contribution in [1.29, 1.82) is 0 Å². The number of halogens is 2. The first-order valence-corrected chi connectivity index (χ1v) is 7.91. The van der Waals surface area contributed by atoms with Crippen LogP contribution in [0.15, 0.2) is 22.7 Å². The highest BCUT2D eigenvalue weighted by molar-refractivity contribution is 9.10. The Morgan fingerprint density at radius 3 is 2.90 bits per heavy atom. The highest BCUT2D eigenvalue weighted by atomic mass is 79.9. The summed E-state index contributed by atoms with van der Waals surface area (Å²) < 4.78 is 14.5. The molecule has 0 aliphatic heterocycles. The predicted molar refractivity (Wildman–Crippen MR) is 81.7 cm³/mol. The maximum absolute atomic E-state index is 13.6. The fourth-order valence-corrected chi connectivity index (χ4v) is 3.37. The summed E-state index contributed by atoms with van der Waals surface area (Å²) in [5, 5.41) is 2.89. The van der Waals surface area contributed by atoms with E-state index >= 15 is 0 Å². The zero-order valence-electron chi connectivity index (χ0n) is 12.0. The Kier molecular flexibility index (Phi) is 4.84. The predicted octanol–water partition coefficient (Wildman–Crippen LogP) is 4.42. The number of amides is 1. The molecule has 1 unspecified atom stereocenters. The number of carbonyl (C=O) groups is 1. The van der Waals surface area contributed by atoms with E-state index in [1.165, 1.54) is 12.5 Å². The molecule has 20 heavy (non-hydrogen) atoms. The monoisotopic (exact) mass is 341 g/mol. The quantitative estimate of drug-likeness (QED) is 0.866. The van der Waals surface area contributed by atoms with Crippen molar-refractivity contribution in [3.63, 3.8) is 0 Å². The second-order valence-electron chi connectivity index (χ2n) is 6.24. The normalized spacial score (nSPS) is 21.5. The smallest absolute Gasteiger partial charge is 0.223 e. The van der Waals surface area contributed by atoms with Crippen molar-refractivity contribution in [3.8, 4) is 0 Å². The summed E-state index contributed by atoms with van der Waals surface area (Å²) in [6, 6.07) is 4.78. The minimum atomic E-state index is -0.281. The van der Waals surface area contributed by atoms with Crippen molar-refractivity contribution in [2.75, 3.05) is 0 Å². The number of hydrogen-bond acceptors (Lipinski definition) is 1. The third-order valence-electron chi connectivity index (χ3n) is 4.28. The first-order valence-electron chi connectivity index (χ1n) is 7.12. The molecule has 1 aromatic carbocycles. The number of hydrogen-bond donors (Lipinski definition) is 1. The van der Waals surface area contributed by atoms with Gasteiger partial charge in [0, 0.05) is 22.5 Å². The molecular weight excluding hydrogens is 321 g/mol. The Hall–Kier alpha value is -0.900. The standard InChI is InChI=1S/C16H21BrFNO/c1-16(2)8-4-3-5-13(16)15(20)19-10-11-9-12(17)6-7-14(11)18/h6-7,9,13H,3-5,8,10H2,1-2H3,(H,19,20). The van der Waals surface area contributed by atoms with E-state index in [1.807, 2.05) is 0 Å². The molecule has 2 rings (SSSR count). The molecule has 0 bridgehead atoms. The van der Waals surface area contributed by atoms with Crippen LogP contribution >= 0.6 is 15.9 Å². The van der Waals surface area contributed by atoms with Gasteiger partial charge in [-0.2, -0.15) is 0 Å². The summed E-state index contributed by atoms with van der Waals surface area (Å²) in [6.07, 6.45) is 4.31. The van der Waals surface area contributed by atoms with Crippen LogP contribution in [0.1, 0.15) is 45.1 Å². The Bertz CT molecular complexity index is 501. The second-order valence-corrected chi connectivity index (χ2v) is 7.16. The van der Waals surface area contributed by atoms with Crippen LogP contribution in [-0.4, -0.2) is 5.91 Å². The highest BCUT2D eigenvalue weighted by Crippen LogP contribution is 2.40. The Balaban J connectivity index is 1.99. The van der Waals surface area contributed by atoms with Crippen molar-refractivity contribution in [2.45, 2.75) is 46.1 Å². The van der Waals surface area contributed by atoms with E-state index in [1.54, 1.807) is 12.1 Å². The summed E-state index contributed by atoms with van der Waals surface area (Å²) in [5.41, 5.74) is 0.555. The van der Waals surface area contributed by atoms with Crippen molar-refractivity contribution < 1.29 is 9.18 Å². The van der Waals surface area contributed by atoms with E-state index in [9.17, 15) is 9.18 Å². The average Bonchev–Trinajstić information content (AvgIpc) is 2.39. The van der Waals surface area contributed by atoms with Gasteiger partial charge in [-0.25, -0.2) is 4.39 Å². The Morgan fingerprint density at radius 1 is 1.45 bits per heavy atom. The highest BCUT2D eigenvalue weighted by Gasteiger charge is 2.36. The summed E-state index contributed by atoms with van der Waals surface area (Å²) in [6.45, 7) is 4.54. The van der Waals surface area contributed by atoms with Gasteiger partial charge in [-0.1, -0.05) is 42.6 Å². The molecule has 1 aliphatic carbocycles. The summed E-state index contributed by atoms with van der Waals surface area (Å²) in [5.74, 6) is -0.197. The Labute approximate surface area is 128 Å².